The lowest BCUT2D eigenvalue weighted by molar-refractivity contribution is -0.118. The standard InChI is InChI=1S/C25H21F2N5O2/c26-20-12-21(27)19(11-18(20)23(25(28)33)15-2-1-5-29-13-15)24-17-4-3-16(10-22(17)30-14-31-24)32-6-8-34-9-7-32/h1-5,10-14,23H,6-9H2,(H2,28,33). The fourth-order valence-corrected chi connectivity index (χ4v) is 4.29. The third-order valence-corrected chi connectivity index (χ3v) is 5.95. The highest BCUT2D eigenvalue weighted by Crippen LogP contribution is 2.35. The van der Waals surface area contributed by atoms with Gasteiger partial charge in [0.25, 0.3) is 0 Å². The molecule has 1 aliphatic rings. The molecule has 0 aliphatic carbocycles. The van der Waals surface area contributed by atoms with Crippen molar-refractivity contribution in [3.63, 3.8) is 0 Å². The second-order valence-corrected chi connectivity index (χ2v) is 8.00. The number of hydrogen-bond acceptors (Lipinski definition) is 6. The van der Waals surface area contributed by atoms with Gasteiger partial charge in [0.05, 0.1) is 30.3 Å². The highest BCUT2D eigenvalue weighted by Gasteiger charge is 2.26. The predicted octanol–water partition coefficient (Wildman–Crippen LogP) is 3.42. The van der Waals surface area contributed by atoms with Crippen molar-refractivity contribution in [2.75, 3.05) is 31.2 Å². The maximum atomic E-state index is 15.0. The van der Waals surface area contributed by atoms with Crippen LogP contribution < -0.4 is 10.6 Å². The van der Waals surface area contributed by atoms with Gasteiger partial charge in [0, 0.05) is 53.8 Å². The molecule has 5 rings (SSSR count). The number of anilines is 1. The van der Waals surface area contributed by atoms with E-state index < -0.39 is 23.5 Å². The Morgan fingerprint density at radius 1 is 1.06 bits per heavy atom. The Morgan fingerprint density at radius 3 is 2.62 bits per heavy atom. The van der Waals surface area contributed by atoms with Gasteiger partial charge >= 0.3 is 0 Å². The van der Waals surface area contributed by atoms with E-state index in [9.17, 15) is 9.18 Å². The number of amides is 1. The number of carbonyl (C=O) groups excluding carboxylic acids is 1. The SMILES string of the molecule is NC(=O)C(c1cccnc1)c1cc(-c2ncnc3cc(N4CCOCC4)ccc23)c(F)cc1F. The quantitative estimate of drug-likeness (QED) is 0.490. The predicted molar refractivity (Wildman–Crippen MR) is 123 cm³/mol. The van der Waals surface area contributed by atoms with Crippen LogP contribution in [-0.2, 0) is 9.53 Å². The minimum Gasteiger partial charge on any atom is -0.378 e. The van der Waals surface area contributed by atoms with Crippen molar-refractivity contribution < 1.29 is 18.3 Å². The van der Waals surface area contributed by atoms with E-state index in [0.717, 1.165) is 24.8 Å². The van der Waals surface area contributed by atoms with Crippen LogP contribution in [0.15, 0.2) is 61.2 Å². The first-order valence-electron chi connectivity index (χ1n) is 10.8. The number of nitrogens with zero attached hydrogens (tertiary/aromatic N) is 4. The molecule has 2 N–H and O–H groups in total. The maximum Gasteiger partial charge on any atom is 0.229 e. The minimum absolute atomic E-state index is 0.0476. The van der Waals surface area contributed by atoms with E-state index in [2.05, 4.69) is 19.9 Å². The second-order valence-electron chi connectivity index (χ2n) is 8.00. The summed E-state index contributed by atoms with van der Waals surface area (Å²) in [7, 11) is 0. The van der Waals surface area contributed by atoms with Gasteiger partial charge in [-0.3, -0.25) is 9.78 Å². The zero-order chi connectivity index (χ0) is 23.7. The Hall–Kier alpha value is -3.98. The van der Waals surface area contributed by atoms with E-state index in [-0.39, 0.29) is 11.1 Å². The number of fused-ring (bicyclic) bond motifs is 1. The Balaban J connectivity index is 1.62. The lowest BCUT2D eigenvalue weighted by Crippen LogP contribution is -2.36. The maximum absolute atomic E-state index is 15.0. The summed E-state index contributed by atoms with van der Waals surface area (Å²) < 4.78 is 35.3. The number of hydrogen-bond donors (Lipinski definition) is 1. The normalized spacial score (nSPS) is 14.8. The molecule has 0 spiro atoms. The lowest BCUT2D eigenvalue weighted by atomic mass is 9.89. The number of nitrogens with two attached hydrogens (primary N) is 1. The zero-order valence-electron chi connectivity index (χ0n) is 18.1. The van der Waals surface area contributed by atoms with Crippen LogP contribution in [0.2, 0.25) is 0 Å². The molecule has 7 nitrogen and oxygen atoms in total. The van der Waals surface area contributed by atoms with E-state index in [1.807, 2.05) is 18.2 Å². The van der Waals surface area contributed by atoms with Gasteiger partial charge in [-0.15, -0.1) is 0 Å². The number of halogens is 2. The molecule has 0 bridgehead atoms. The summed E-state index contributed by atoms with van der Waals surface area (Å²) in [5, 5.41) is 0.605. The number of ether oxygens (including phenoxy) is 1. The van der Waals surface area contributed by atoms with Gasteiger partial charge < -0.3 is 15.4 Å². The average Bonchev–Trinajstić information content (AvgIpc) is 2.86. The summed E-state index contributed by atoms with van der Waals surface area (Å²) >= 11 is 0. The van der Waals surface area contributed by atoms with Gasteiger partial charge in [-0.25, -0.2) is 18.7 Å². The Bertz CT molecular complexity index is 1360. The van der Waals surface area contributed by atoms with Crippen LogP contribution in [0.5, 0.6) is 0 Å². The average molecular weight is 461 g/mol. The first kappa shape index (κ1) is 21.8. The minimum atomic E-state index is -1.13. The van der Waals surface area contributed by atoms with Crippen molar-refractivity contribution >= 4 is 22.5 Å². The first-order valence-corrected chi connectivity index (χ1v) is 10.8. The second kappa shape index (κ2) is 9.11. The number of benzene rings is 2. The van der Waals surface area contributed by atoms with Crippen LogP contribution in [0.3, 0.4) is 0 Å². The van der Waals surface area contributed by atoms with Crippen LogP contribution in [0, 0.1) is 11.6 Å². The first-order chi connectivity index (χ1) is 16.5. The van der Waals surface area contributed by atoms with Crippen LogP contribution in [-0.4, -0.2) is 47.2 Å². The Morgan fingerprint density at radius 2 is 1.88 bits per heavy atom. The van der Waals surface area contributed by atoms with Crippen molar-refractivity contribution in [2.45, 2.75) is 5.92 Å². The number of morpholine rings is 1. The number of rotatable bonds is 5. The third kappa shape index (κ3) is 4.06. The van der Waals surface area contributed by atoms with E-state index in [4.69, 9.17) is 10.5 Å². The van der Waals surface area contributed by atoms with Crippen molar-refractivity contribution in [1.29, 1.82) is 0 Å². The fourth-order valence-electron chi connectivity index (χ4n) is 4.29. The van der Waals surface area contributed by atoms with Crippen LogP contribution in [0.1, 0.15) is 17.0 Å². The van der Waals surface area contributed by atoms with Crippen LogP contribution in [0.25, 0.3) is 22.2 Å². The summed E-state index contributed by atoms with van der Waals surface area (Å²) in [6.07, 6.45) is 4.31. The molecule has 4 aromatic rings. The molecular weight excluding hydrogens is 440 g/mol. The molecular formula is C25H21F2N5O2. The topological polar surface area (TPSA) is 94.2 Å². The van der Waals surface area contributed by atoms with Crippen molar-refractivity contribution in [2.24, 2.45) is 5.73 Å². The van der Waals surface area contributed by atoms with Gasteiger partial charge in [0.1, 0.15) is 18.0 Å². The molecule has 0 saturated carbocycles. The number of pyridine rings is 1. The summed E-state index contributed by atoms with van der Waals surface area (Å²) in [6, 6.07) is 11.0. The number of carbonyl (C=O) groups is 1. The molecule has 2 aromatic heterocycles. The largest absolute Gasteiger partial charge is 0.378 e. The zero-order valence-corrected chi connectivity index (χ0v) is 18.1. The highest BCUT2D eigenvalue weighted by atomic mass is 19.1. The molecule has 3 heterocycles. The molecule has 1 amide bonds. The summed E-state index contributed by atoms with van der Waals surface area (Å²) in [6.45, 7) is 2.83. The monoisotopic (exact) mass is 461 g/mol. The summed E-state index contributed by atoms with van der Waals surface area (Å²) in [4.78, 5) is 27.1. The molecule has 9 heteroatoms. The van der Waals surface area contributed by atoms with Gasteiger partial charge in [-0.2, -0.15) is 0 Å². The van der Waals surface area contributed by atoms with Crippen LogP contribution in [0.4, 0.5) is 14.5 Å². The smallest absolute Gasteiger partial charge is 0.229 e. The molecule has 172 valence electrons. The van der Waals surface area contributed by atoms with Crippen molar-refractivity contribution in [3.05, 3.63) is 83.9 Å². The van der Waals surface area contributed by atoms with Gasteiger partial charge in [0.15, 0.2) is 0 Å². The van der Waals surface area contributed by atoms with Gasteiger partial charge in [-0.05, 0) is 35.9 Å². The molecule has 1 atom stereocenters. The van der Waals surface area contributed by atoms with Crippen molar-refractivity contribution in [1.82, 2.24) is 15.0 Å². The van der Waals surface area contributed by atoms with Crippen LogP contribution >= 0.6 is 0 Å². The Labute approximate surface area is 194 Å². The van der Waals surface area contributed by atoms with E-state index >= 15 is 4.39 Å². The van der Waals surface area contributed by atoms with Gasteiger partial charge in [0.2, 0.25) is 5.91 Å². The highest BCUT2D eigenvalue weighted by molar-refractivity contribution is 5.94. The fraction of sp³-hybridized carbons (Fsp3) is 0.200. The third-order valence-electron chi connectivity index (χ3n) is 5.95. The molecule has 1 unspecified atom stereocenters. The van der Waals surface area contributed by atoms with Crippen molar-refractivity contribution in [3.8, 4) is 11.3 Å². The van der Waals surface area contributed by atoms with E-state index in [1.54, 1.807) is 12.1 Å². The van der Waals surface area contributed by atoms with Gasteiger partial charge in [-0.1, -0.05) is 6.07 Å². The number of aromatic nitrogens is 3. The summed E-state index contributed by atoms with van der Waals surface area (Å²) in [5.41, 5.74) is 7.92. The molecule has 1 aliphatic heterocycles. The molecule has 1 saturated heterocycles. The number of primary amides is 1. The lowest BCUT2D eigenvalue weighted by Gasteiger charge is -2.29. The molecule has 2 aromatic carbocycles. The molecule has 0 radical (unpaired) electrons. The molecule has 34 heavy (non-hydrogen) atoms. The van der Waals surface area contributed by atoms with E-state index in [0.29, 0.717) is 35.4 Å². The van der Waals surface area contributed by atoms with E-state index in [1.165, 1.54) is 24.8 Å². The Kier molecular flexibility index (Phi) is 5.85. The molecule has 1 fully saturated rings. The summed E-state index contributed by atoms with van der Waals surface area (Å²) in [5.74, 6) is -3.57.